The fraction of sp³-hybridized carbons (Fsp3) is 0.0476. The van der Waals surface area contributed by atoms with Crippen LogP contribution in [-0.4, -0.2) is 22.2 Å². The van der Waals surface area contributed by atoms with Crippen molar-refractivity contribution < 1.29 is 29.3 Å². The molecule has 7 N–H and O–H groups in total. The number of anilines is 1. The molecule has 0 bridgehead atoms. The first kappa shape index (κ1) is 18.7. The van der Waals surface area contributed by atoms with E-state index in [9.17, 15) is 19.8 Å². The van der Waals surface area contributed by atoms with Gasteiger partial charge in [0.25, 0.3) is 0 Å². The van der Waals surface area contributed by atoms with Gasteiger partial charge in [-0.15, -0.1) is 0 Å². The van der Waals surface area contributed by atoms with E-state index in [0.717, 1.165) is 5.01 Å². The highest BCUT2D eigenvalue weighted by molar-refractivity contribution is 5.99. The maximum atomic E-state index is 13.0. The lowest BCUT2D eigenvalue weighted by Crippen LogP contribution is -2.47. The Bertz CT molecular complexity index is 1220. The highest BCUT2D eigenvalue weighted by Crippen LogP contribution is 2.57. The third kappa shape index (κ3) is 2.52. The molecule has 31 heavy (non-hydrogen) atoms. The van der Waals surface area contributed by atoms with E-state index in [2.05, 4.69) is 0 Å². The minimum atomic E-state index is -1.38. The molecule has 0 saturated heterocycles. The zero-order valence-corrected chi connectivity index (χ0v) is 15.8. The van der Waals surface area contributed by atoms with Gasteiger partial charge in [-0.25, -0.2) is 26.3 Å². The first-order chi connectivity index (χ1) is 14.8. The first-order valence-electron chi connectivity index (χ1n) is 9.13. The first-order valence-corrected chi connectivity index (χ1v) is 9.13. The molecule has 2 heterocycles. The van der Waals surface area contributed by atoms with Gasteiger partial charge >= 0.3 is 12.0 Å². The number of carbonyl (C=O) groups excluding carboxylic acids is 2. The smallest absolute Gasteiger partial charge is 0.350 e. The number of nitrogens with zero attached hydrogens (tertiary/aromatic N) is 1. The Hall–Kier alpha value is -4.28. The Morgan fingerprint density at radius 1 is 0.935 bits per heavy atom. The number of phenols is 2. The van der Waals surface area contributed by atoms with Crippen molar-refractivity contribution in [1.29, 1.82) is 0 Å². The zero-order valence-electron chi connectivity index (χ0n) is 15.8. The molecule has 0 radical (unpaired) electrons. The highest BCUT2D eigenvalue weighted by atomic mass is 16.6. The van der Waals surface area contributed by atoms with Crippen LogP contribution in [0.25, 0.3) is 0 Å². The number of amides is 2. The van der Waals surface area contributed by atoms with E-state index in [-0.39, 0.29) is 34.2 Å². The number of urea groups is 1. The van der Waals surface area contributed by atoms with Crippen LogP contribution in [0, 0.1) is 0 Å². The van der Waals surface area contributed by atoms with Crippen LogP contribution >= 0.6 is 0 Å². The summed E-state index contributed by atoms with van der Waals surface area (Å²) in [6, 6.07) is 12.8. The van der Waals surface area contributed by atoms with Crippen LogP contribution in [-0.2, 0) is 10.3 Å². The Morgan fingerprint density at radius 2 is 1.52 bits per heavy atom. The molecule has 0 aliphatic carbocycles. The lowest BCUT2D eigenvalue weighted by atomic mass is 9.77. The molecule has 0 fully saturated rings. The average molecular weight is 420 g/mol. The third-order valence-electron chi connectivity index (χ3n) is 5.38. The summed E-state index contributed by atoms with van der Waals surface area (Å²) in [4.78, 5) is 24.7. The van der Waals surface area contributed by atoms with Crippen LogP contribution in [0.15, 0.2) is 54.6 Å². The van der Waals surface area contributed by atoms with E-state index in [1.165, 1.54) is 30.3 Å². The molecule has 2 aliphatic rings. The predicted molar refractivity (Wildman–Crippen MR) is 107 cm³/mol. The van der Waals surface area contributed by atoms with Crippen molar-refractivity contribution in [1.82, 2.24) is 5.43 Å². The summed E-state index contributed by atoms with van der Waals surface area (Å²) >= 11 is 0. The molecule has 2 amide bonds. The second-order valence-electron chi connectivity index (χ2n) is 7.08. The number of aromatic hydroxyl groups is 2. The number of esters is 1. The predicted octanol–water partition coefficient (Wildman–Crippen LogP) is 1.93. The number of carbonyl (C=O) groups is 2. The van der Waals surface area contributed by atoms with Crippen molar-refractivity contribution >= 4 is 17.7 Å². The molecule has 0 unspecified atom stereocenters. The number of hydrogen-bond acceptors (Lipinski definition) is 8. The maximum Gasteiger partial charge on any atom is 0.350 e. The normalized spacial score (nSPS) is 14.7. The molecular weight excluding hydrogens is 404 g/mol. The van der Waals surface area contributed by atoms with Gasteiger partial charge in [0.05, 0.1) is 11.3 Å². The number of phenolic OH excluding ortho intramolecular Hbond substituents is 2. The van der Waals surface area contributed by atoms with Crippen molar-refractivity contribution in [3.05, 3.63) is 76.9 Å². The minimum Gasteiger partial charge on any atom is -0.508 e. The molecule has 3 aromatic carbocycles. The number of rotatable bonds is 1. The van der Waals surface area contributed by atoms with Crippen molar-refractivity contribution in [3.63, 3.8) is 0 Å². The number of hydrogen-bond donors (Lipinski definition) is 5. The summed E-state index contributed by atoms with van der Waals surface area (Å²) in [5.74, 6) is 10.7. The standard InChI is InChI=1S/C21H16N4O6/c22-24-20(29)25(23)10-1-4-14-13(7-10)19(28)31-21(14)15-5-2-11(26)8-17(15)30-18-9-12(27)3-6-16(18)21/h1-9,26-27H,22-23H2,(H,24,29). The van der Waals surface area contributed by atoms with E-state index in [1.54, 1.807) is 24.3 Å². The molecule has 0 aromatic heterocycles. The second kappa shape index (κ2) is 6.36. The molecule has 10 nitrogen and oxygen atoms in total. The summed E-state index contributed by atoms with van der Waals surface area (Å²) in [6.07, 6.45) is 0. The SMILES string of the molecule is NNC(=O)N(N)c1ccc2c(c1)C(=O)OC21c2ccc(O)cc2Oc2cc(O)ccc21. The average Bonchev–Trinajstić information content (AvgIpc) is 3.04. The van der Waals surface area contributed by atoms with Crippen LogP contribution in [0.4, 0.5) is 10.5 Å². The van der Waals surface area contributed by atoms with Crippen LogP contribution in [0.5, 0.6) is 23.0 Å². The summed E-state index contributed by atoms with van der Waals surface area (Å²) in [5.41, 5.74) is 2.42. The molecular formula is C21H16N4O6. The molecule has 5 rings (SSSR count). The van der Waals surface area contributed by atoms with Crippen LogP contribution in [0.1, 0.15) is 27.0 Å². The Balaban J connectivity index is 1.77. The van der Waals surface area contributed by atoms with Gasteiger partial charge in [-0.2, -0.15) is 0 Å². The lowest BCUT2D eigenvalue weighted by molar-refractivity contribution is 0.0224. The number of nitrogens with one attached hydrogen (secondary N) is 1. The van der Waals surface area contributed by atoms with Gasteiger partial charge in [-0.1, -0.05) is 6.07 Å². The molecule has 3 aromatic rings. The zero-order chi connectivity index (χ0) is 21.9. The van der Waals surface area contributed by atoms with E-state index in [0.29, 0.717) is 16.7 Å². The Morgan fingerprint density at radius 3 is 2.10 bits per heavy atom. The quantitative estimate of drug-likeness (QED) is 0.173. The summed E-state index contributed by atoms with van der Waals surface area (Å²) in [5, 5.41) is 20.6. The van der Waals surface area contributed by atoms with Crippen LogP contribution in [0.3, 0.4) is 0 Å². The van der Waals surface area contributed by atoms with Gasteiger partial charge in [0, 0.05) is 28.8 Å². The molecule has 2 aliphatic heterocycles. The van der Waals surface area contributed by atoms with Crippen LogP contribution < -0.4 is 26.9 Å². The van der Waals surface area contributed by atoms with Gasteiger partial charge in [0.2, 0.25) is 0 Å². The summed E-state index contributed by atoms with van der Waals surface area (Å²) in [6.45, 7) is 0. The molecule has 0 atom stereocenters. The van der Waals surface area contributed by atoms with Gasteiger partial charge < -0.3 is 19.7 Å². The van der Waals surface area contributed by atoms with Gasteiger partial charge in [-0.05, 0) is 36.4 Å². The van der Waals surface area contributed by atoms with Crippen molar-refractivity contribution in [2.24, 2.45) is 11.7 Å². The van der Waals surface area contributed by atoms with Gasteiger partial charge in [-0.3, -0.25) is 5.43 Å². The summed E-state index contributed by atoms with van der Waals surface area (Å²) < 4.78 is 11.8. The molecule has 10 heteroatoms. The van der Waals surface area contributed by atoms with Crippen molar-refractivity contribution in [3.8, 4) is 23.0 Å². The third-order valence-corrected chi connectivity index (χ3v) is 5.38. The number of hydrazine groups is 2. The molecule has 0 saturated carbocycles. The topological polar surface area (TPSA) is 160 Å². The number of ether oxygens (including phenoxy) is 2. The maximum absolute atomic E-state index is 13.0. The minimum absolute atomic E-state index is 0.0380. The van der Waals surface area contributed by atoms with Gasteiger partial charge in [0.15, 0.2) is 5.60 Å². The van der Waals surface area contributed by atoms with Crippen LogP contribution in [0.2, 0.25) is 0 Å². The van der Waals surface area contributed by atoms with E-state index >= 15 is 0 Å². The Kier molecular flexibility index (Phi) is 3.84. The fourth-order valence-corrected chi connectivity index (χ4v) is 4.03. The Labute approximate surface area is 175 Å². The second-order valence-corrected chi connectivity index (χ2v) is 7.08. The lowest BCUT2D eigenvalue weighted by Gasteiger charge is -2.36. The molecule has 1 spiro atoms. The van der Waals surface area contributed by atoms with E-state index in [1.807, 2.05) is 5.43 Å². The number of benzene rings is 3. The van der Waals surface area contributed by atoms with E-state index in [4.69, 9.17) is 21.2 Å². The van der Waals surface area contributed by atoms with Crippen molar-refractivity contribution in [2.45, 2.75) is 5.60 Å². The number of nitrogens with two attached hydrogens (primary N) is 2. The highest BCUT2D eigenvalue weighted by Gasteiger charge is 2.53. The van der Waals surface area contributed by atoms with E-state index < -0.39 is 17.6 Å². The molecule has 156 valence electrons. The number of fused-ring (bicyclic) bond motifs is 6. The largest absolute Gasteiger partial charge is 0.508 e. The van der Waals surface area contributed by atoms with Crippen molar-refractivity contribution in [2.75, 3.05) is 5.01 Å². The summed E-state index contributed by atoms with van der Waals surface area (Å²) in [7, 11) is 0. The van der Waals surface area contributed by atoms with Gasteiger partial charge in [0.1, 0.15) is 23.0 Å². The fourth-order valence-electron chi connectivity index (χ4n) is 4.03. The monoisotopic (exact) mass is 420 g/mol.